The Labute approximate surface area is 190 Å². The van der Waals surface area contributed by atoms with Gasteiger partial charge in [0.2, 0.25) is 0 Å². The molecule has 0 radical (unpaired) electrons. The fourth-order valence-corrected chi connectivity index (χ4v) is 3.45. The molecule has 32 heavy (non-hydrogen) atoms. The summed E-state index contributed by atoms with van der Waals surface area (Å²) in [7, 11) is 0. The van der Waals surface area contributed by atoms with Crippen LogP contribution in [-0.4, -0.2) is 36.1 Å². The summed E-state index contributed by atoms with van der Waals surface area (Å²) in [5.74, 6) is 1.53. The molecular weight excluding hydrogens is 400 g/mol. The Balaban J connectivity index is 1.92. The summed E-state index contributed by atoms with van der Waals surface area (Å²) in [4.78, 5) is 0. The maximum Gasteiger partial charge on any atom is 0.119 e. The third kappa shape index (κ3) is 6.46. The van der Waals surface area contributed by atoms with Crippen molar-refractivity contribution >= 4 is 11.1 Å². The fraction of sp³-hybridized carbons (Fsp3) is 0.286. The van der Waals surface area contributed by atoms with Gasteiger partial charge < -0.3 is 19.7 Å². The zero-order valence-corrected chi connectivity index (χ0v) is 18.8. The molecule has 4 heteroatoms. The smallest absolute Gasteiger partial charge is 0.119 e. The third-order valence-corrected chi connectivity index (χ3v) is 5.29. The van der Waals surface area contributed by atoms with Crippen molar-refractivity contribution in [3.05, 3.63) is 95.6 Å². The van der Waals surface area contributed by atoms with Crippen molar-refractivity contribution in [1.82, 2.24) is 0 Å². The first-order valence-electron chi connectivity index (χ1n) is 11.1. The predicted octanol–water partition coefficient (Wildman–Crippen LogP) is 5.58. The molecule has 0 heterocycles. The molecule has 3 rings (SSSR count). The van der Waals surface area contributed by atoms with E-state index in [2.05, 4.69) is 38.1 Å². The van der Waals surface area contributed by atoms with Crippen LogP contribution in [0.1, 0.15) is 43.4 Å². The second-order valence-corrected chi connectivity index (χ2v) is 7.76. The van der Waals surface area contributed by atoms with Gasteiger partial charge in [-0.1, -0.05) is 67.9 Å². The molecule has 0 amide bonds. The van der Waals surface area contributed by atoms with E-state index in [0.717, 1.165) is 47.5 Å². The molecule has 168 valence electrons. The van der Waals surface area contributed by atoms with Gasteiger partial charge in [-0.3, -0.25) is 0 Å². The zero-order valence-electron chi connectivity index (χ0n) is 18.8. The van der Waals surface area contributed by atoms with Crippen LogP contribution in [0.4, 0.5) is 0 Å². The molecule has 0 bridgehead atoms. The average Bonchev–Trinajstić information content (AvgIpc) is 2.85. The summed E-state index contributed by atoms with van der Waals surface area (Å²) in [5, 5.41) is 18.5. The van der Waals surface area contributed by atoms with E-state index in [0.29, 0.717) is 5.75 Å². The number of hydrogen-bond donors (Lipinski definition) is 2. The van der Waals surface area contributed by atoms with Gasteiger partial charge in [0.05, 0.1) is 13.2 Å². The molecule has 0 aromatic heterocycles. The first-order valence-corrected chi connectivity index (χ1v) is 11.1. The van der Waals surface area contributed by atoms with Gasteiger partial charge in [0.15, 0.2) is 0 Å². The Morgan fingerprint density at radius 2 is 1.34 bits per heavy atom. The van der Waals surface area contributed by atoms with E-state index in [1.807, 2.05) is 54.6 Å². The zero-order chi connectivity index (χ0) is 22.8. The van der Waals surface area contributed by atoms with Crippen LogP contribution in [0, 0.1) is 0 Å². The quantitative estimate of drug-likeness (QED) is 0.307. The van der Waals surface area contributed by atoms with Gasteiger partial charge in [0, 0.05) is 0 Å². The maximum atomic E-state index is 9.51. The average molecular weight is 433 g/mol. The SMILES string of the molecule is CCCCOc1ccc(/C(=C(/C)c2ccccc2)c2ccc(OCC(O)CO)cc2)cc1. The second-order valence-electron chi connectivity index (χ2n) is 7.76. The highest BCUT2D eigenvalue weighted by Crippen LogP contribution is 2.33. The number of aliphatic hydroxyl groups excluding tert-OH is 2. The first-order chi connectivity index (χ1) is 15.6. The monoisotopic (exact) mass is 432 g/mol. The molecule has 0 aliphatic heterocycles. The topological polar surface area (TPSA) is 58.9 Å². The van der Waals surface area contributed by atoms with E-state index < -0.39 is 6.10 Å². The summed E-state index contributed by atoms with van der Waals surface area (Å²) in [6.45, 7) is 4.76. The minimum absolute atomic E-state index is 0.0566. The lowest BCUT2D eigenvalue weighted by Crippen LogP contribution is -2.21. The number of hydrogen-bond acceptors (Lipinski definition) is 4. The molecule has 2 N–H and O–H groups in total. The van der Waals surface area contributed by atoms with Crippen LogP contribution in [0.5, 0.6) is 11.5 Å². The van der Waals surface area contributed by atoms with Gasteiger partial charge in [-0.05, 0) is 65.4 Å². The number of unbranched alkanes of at least 4 members (excludes halogenated alkanes) is 1. The van der Waals surface area contributed by atoms with Gasteiger partial charge in [0.25, 0.3) is 0 Å². The van der Waals surface area contributed by atoms with E-state index in [4.69, 9.17) is 14.6 Å². The van der Waals surface area contributed by atoms with E-state index in [-0.39, 0.29) is 13.2 Å². The molecule has 1 unspecified atom stereocenters. The van der Waals surface area contributed by atoms with Crippen LogP contribution < -0.4 is 9.47 Å². The number of aliphatic hydroxyl groups is 2. The third-order valence-electron chi connectivity index (χ3n) is 5.29. The Hall–Kier alpha value is -3.08. The van der Waals surface area contributed by atoms with Crippen molar-refractivity contribution in [2.45, 2.75) is 32.8 Å². The highest BCUT2D eigenvalue weighted by molar-refractivity contribution is 5.97. The van der Waals surface area contributed by atoms with Crippen molar-refractivity contribution < 1.29 is 19.7 Å². The Morgan fingerprint density at radius 1 is 0.781 bits per heavy atom. The van der Waals surface area contributed by atoms with Crippen LogP contribution in [-0.2, 0) is 0 Å². The van der Waals surface area contributed by atoms with E-state index in [9.17, 15) is 5.11 Å². The number of ether oxygens (including phenoxy) is 2. The van der Waals surface area contributed by atoms with Crippen LogP contribution in [0.15, 0.2) is 78.9 Å². The number of benzene rings is 3. The second kappa shape index (κ2) is 12.1. The maximum absolute atomic E-state index is 9.51. The molecule has 0 saturated heterocycles. The van der Waals surface area contributed by atoms with Crippen molar-refractivity contribution in [3.8, 4) is 11.5 Å². The Kier molecular flexibility index (Phi) is 8.90. The van der Waals surface area contributed by atoms with Gasteiger partial charge in [-0.2, -0.15) is 0 Å². The molecule has 0 spiro atoms. The van der Waals surface area contributed by atoms with Crippen molar-refractivity contribution in [2.75, 3.05) is 19.8 Å². The minimum atomic E-state index is -0.886. The molecule has 0 saturated carbocycles. The van der Waals surface area contributed by atoms with Gasteiger partial charge in [0.1, 0.15) is 24.2 Å². The largest absolute Gasteiger partial charge is 0.494 e. The standard InChI is InChI=1S/C28H32O4/c1-3-4-18-31-26-14-10-23(11-15-26)28(21(2)22-8-6-5-7-9-22)24-12-16-27(17-13-24)32-20-25(30)19-29/h5-17,25,29-30H,3-4,18-20H2,1-2H3/b28-21+. The van der Waals surface area contributed by atoms with E-state index in [1.165, 1.54) is 5.57 Å². The van der Waals surface area contributed by atoms with Crippen LogP contribution in [0.2, 0.25) is 0 Å². The Bertz CT molecular complexity index is 976. The van der Waals surface area contributed by atoms with Crippen LogP contribution in [0.3, 0.4) is 0 Å². The summed E-state index contributed by atoms with van der Waals surface area (Å²) in [6, 6.07) is 26.4. The van der Waals surface area contributed by atoms with E-state index >= 15 is 0 Å². The van der Waals surface area contributed by atoms with Crippen molar-refractivity contribution in [1.29, 1.82) is 0 Å². The molecule has 0 fully saturated rings. The summed E-state index contributed by atoms with van der Waals surface area (Å²) >= 11 is 0. The lowest BCUT2D eigenvalue weighted by atomic mass is 9.90. The fourth-order valence-electron chi connectivity index (χ4n) is 3.45. The molecular formula is C28H32O4. The lowest BCUT2D eigenvalue weighted by Gasteiger charge is -2.16. The van der Waals surface area contributed by atoms with E-state index in [1.54, 1.807) is 0 Å². The first kappa shape index (κ1) is 23.6. The highest BCUT2D eigenvalue weighted by Gasteiger charge is 2.12. The number of rotatable bonds is 11. The number of allylic oxidation sites excluding steroid dienone is 1. The molecule has 0 aliphatic rings. The molecule has 3 aromatic carbocycles. The van der Waals surface area contributed by atoms with Crippen LogP contribution >= 0.6 is 0 Å². The van der Waals surface area contributed by atoms with Gasteiger partial charge in [-0.25, -0.2) is 0 Å². The molecule has 4 nitrogen and oxygen atoms in total. The minimum Gasteiger partial charge on any atom is -0.494 e. The Morgan fingerprint density at radius 3 is 1.88 bits per heavy atom. The van der Waals surface area contributed by atoms with Crippen molar-refractivity contribution in [2.24, 2.45) is 0 Å². The summed E-state index contributed by atoms with van der Waals surface area (Å²) < 4.78 is 11.4. The van der Waals surface area contributed by atoms with Gasteiger partial charge in [-0.15, -0.1) is 0 Å². The summed E-state index contributed by atoms with van der Waals surface area (Å²) in [6.07, 6.45) is 1.27. The molecule has 3 aromatic rings. The van der Waals surface area contributed by atoms with Gasteiger partial charge >= 0.3 is 0 Å². The lowest BCUT2D eigenvalue weighted by molar-refractivity contribution is 0.0536. The summed E-state index contributed by atoms with van der Waals surface area (Å²) in [5.41, 5.74) is 5.66. The van der Waals surface area contributed by atoms with Crippen molar-refractivity contribution in [3.63, 3.8) is 0 Å². The highest BCUT2D eigenvalue weighted by atomic mass is 16.5. The molecule has 1 atom stereocenters. The normalized spacial score (nSPS) is 12.8. The molecule has 0 aliphatic carbocycles. The predicted molar refractivity (Wildman–Crippen MR) is 130 cm³/mol. The van der Waals surface area contributed by atoms with Crippen LogP contribution in [0.25, 0.3) is 11.1 Å².